The van der Waals surface area contributed by atoms with Gasteiger partial charge in [0.1, 0.15) is 0 Å². The molecule has 0 aliphatic carbocycles. The zero-order chi connectivity index (χ0) is 13.7. The molecule has 100 valence electrons. The van der Waals surface area contributed by atoms with Crippen molar-refractivity contribution in [1.29, 1.82) is 0 Å². The third-order valence-electron chi connectivity index (χ3n) is 3.00. The van der Waals surface area contributed by atoms with E-state index < -0.39 is 0 Å². The van der Waals surface area contributed by atoms with Gasteiger partial charge >= 0.3 is 0 Å². The van der Waals surface area contributed by atoms with E-state index in [1.807, 2.05) is 18.2 Å². The molecule has 1 nitrogen and oxygen atoms in total. The molecule has 2 rings (SSSR count). The highest BCUT2D eigenvalue weighted by molar-refractivity contribution is 14.1. The zero-order valence-corrected chi connectivity index (χ0v) is 13.8. The second-order valence-corrected chi connectivity index (χ2v) is 6.12. The molecule has 0 aromatic heterocycles. The standard InChI is InChI=1S/C16H17ClIN/c1-2-10-19-16(12-6-5-7-13(18)11-12)14-8-3-4-9-15(14)17/h3-9,11,16,19H,2,10H2,1H3. The summed E-state index contributed by atoms with van der Waals surface area (Å²) in [6.07, 6.45) is 1.10. The van der Waals surface area contributed by atoms with Crippen molar-refractivity contribution in [3.05, 3.63) is 68.3 Å². The summed E-state index contributed by atoms with van der Waals surface area (Å²) in [6.45, 7) is 3.15. The van der Waals surface area contributed by atoms with Crippen molar-refractivity contribution >= 4 is 34.2 Å². The van der Waals surface area contributed by atoms with E-state index in [2.05, 4.69) is 65.2 Å². The summed E-state index contributed by atoms with van der Waals surface area (Å²) in [7, 11) is 0. The lowest BCUT2D eigenvalue weighted by Gasteiger charge is -2.21. The third kappa shape index (κ3) is 3.94. The number of hydrogen-bond acceptors (Lipinski definition) is 1. The molecule has 1 N–H and O–H groups in total. The summed E-state index contributed by atoms with van der Waals surface area (Å²) in [4.78, 5) is 0. The lowest BCUT2D eigenvalue weighted by Crippen LogP contribution is -2.23. The highest BCUT2D eigenvalue weighted by atomic mass is 127. The van der Waals surface area contributed by atoms with Crippen LogP contribution < -0.4 is 5.32 Å². The molecule has 19 heavy (non-hydrogen) atoms. The van der Waals surface area contributed by atoms with Crippen molar-refractivity contribution in [2.24, 2.45) is 0 Å². The molecule has 0 spiro atoms. The molecule has 0 saturated heterocycles. The number of hydrogen-bond donors (Lipinski definition) is 1. The minimum absolute atomic E-state index is 0.156. The quantitative estimate of drug-likeness (QED) is 0.712. The van der Waals surface area contributed by atoms with Crippen molar-refractivity contribution in [3.63, 3.8) is 0 Å². The fraction of sp³-hybridized carbons (Fsp3) is 0.250. The molecule has 0 saturated carbocycles. The molecule has 0 amide bonds. The van der Waals surface area contributed by atoms with Gasteiger partial charge in [0.15, 0.2) is 0 Å². The summed E-state index contributed by atoms with van der Waals surface area (Å²) < 4.78 is 1.24. The Morgan fingerprint density at radius 2 is 1.95 bits per heavy atom. The Kier molecular flexibility index (Phi) is 5.67. The average Bonchev–Trinajstić information content (AvgIpc) is 2.41. The van der Waals surface area contributed by atoms with Gasteiger partial charge in [-0.3, -0.25) is 0 Å². The molecule has 2 aromatic carbocycles. The van der Waals surface area contributed by atoms with Gasteiger partial charge in [-0.2, -0.15) is 0 Å². The lowest BCUT2D eigenvalue weighted by molar-refractivity contribution is 0.598. The van der Waals surface area contributed by atoms with Crippen LogP contribution in [-0.2, 0) is 0 Å². The Hall–Kier alpha value is -0.580. The molecular weight excluding hydrogens is 369 g/mol. The first kappa shape index (κ1) is 14.8. The molecule has 0 aliphatic heterocycles. The fourth-order valence-corrected chi connectivity index (χ4v) is 2.90. The molecule has 1 unspecified atom stereocenters. The Bertz CT molecular complexity index is 542. The van der Waals surface area contributed by atoms with Crippen molar-refractivity contribution < 1.29 is 0 Å². The SMILES string of the molecule is CCCNC(c1cccc(I)c1)c1ccccc1Cl. The third-order valence-corrected chi connectivity index (χ3v) is 4.01. The van der Waals surface area contributed by atoms with Crippen LogP contribution >= 0.6 is 34.2 Å². The maximum atomic E-state index is 6.35. The van der Waals surface area contributed by atoms with Crippen LogP contribution in [-0.4, -0.2) is 6.54 Å². The Morgan fingerprint density at radius 1 is 1.16 bits per heavy atom. The number of rotatable bonds is 5. The summed E-state index contributed by atoms with van der Waals surface area (Å²) in [5, 5.41) is 4.40. The van der Waals surface area contributed by atoms with Crippen molar-refractivity contribution in [1.82, 2.24) is 5.32 Å². The van der Waals surface area contributed by atoms with Gasteiger partial charge in [0.25, 0.3) is 0 Å². The monoisotopic (exact) mass is 385 g/mol. The second-order valence-electron chi connectivity index (χ2n) is 4.46. The van der Waals surface area contributed by atoms with Gasteiger partial charge in [0.05, 0.1) is 6.04 Å². The van der Waals surface area contributed by atoms with Gasteiger partial charge in [-0.25, -0.2) is 0 Å². The van der Waals surface area contributed by atoms with E-state index in [-0.39, 0.29) is 6.04 Å². The van der Waals surface area contributed by atoms with Gasteiger partial charge in [-0.1, -0.05) is 48.9 Å². The summed E-state index contributed by atoms with van der Waals surface area (Å²) in [5.41, 5.74) is 2.40. The van der Waals surface area contributed by atoms with E-state index in [0.717, 1.165) is 23.6 Å². The fourth-order valence-electron chi connectivity index (χ4n) is 2.09. The van der Waals surface area contributed by atoms with Gasteiger partial charge < -0.3 is 5.32 Å². The summed E-state index contributed by atoms with van der Waals surface area (Å²) in [6, 6.07) is 16.8. The Labute approximate surface area is 133 Å². The van der Waals surface area contributed by atoms with Gasteiger partial charge in [0.2, 0.25) is 0 Å². The molecule has 0 heterocycles. The smallest absolute Gasteiger partial charge is 0.0591 e. The first-order chi connectivity index (χ1) is 9.22. The zero-order valence-electron chi connectivity index (χ0n) is 10.9. The van der Waals surface area contributed by atoms with Crippen molar-refractivity contribution in [3.8, 4) is 0 Å². The molecule has 0 bridgehead atoms. The largest absolute Gasteiger partial charge is 0.306 e. The van der Waals surface area contributed by atoms with E-state index in [9.17, 15) is 0 Å². The highest BCUT2D eigenvalue weighted by Crippen LogP contribution is 2.28. The molecular formula is C16H17ClIN. The topological polar surface area (TPSA) is 12.0 Å². The van der Waals surface area contributed by atoms with Crippen LogP contribution in [0, 0.1) is 3.57 Å². The predicted molar refractivity (Wildman–Crippen MR) is 90.7 cm³/mol. The first-order valence-electron chi connectivity index (χ1n) is 6.45. The molecule has 3 heteroatoms. The van der Waals surface area contributed by atoms with Crippen LogP contribution in [0.5, 0.6) is 0 Å². The molecule has 0 fully saturated rings. The van der Waals surface area contributed by atoms with Crippen LogP contribution in [0.1, 0.15) is 30.5 Å². The van der Waals surface area contributed by atoms with Crippen LogP contribution in [0.25, 0.3) is 0 Å². The highest BCUT2D eigenvalue weighted by Gasteiger charge is 2.15. The van der Waals surface area contributed by atoms with E-state index >= 15 is 0 Å². The summed E-state index contributed by atoms with van der Waals surface area (Å²) >= 11 is 8.69. The molecule has 1 atom stereocenters. The first-order valence-corrected chi connectivity index (χ1v) is 7.91. The second kappa shape index (κ2) is 7.27. The molecule has 0 radical (unpaired) electrons. The molecule has 0 aliphatic rings. The van der Waals surface area contributed by atoms with Crippen LogP contribution in [0.3, 0.4) is 0 Å². The minimum Gasteiger partial charge on any atom is -0.306 e. The average molecular weight is 386 g/mol. The van der Waals surface area contributed by atoms with E-state index in [4.69, 9.17) is 11.6 Å². The predicted octanol–water partition coefficient (Wildman–Crippen LogP) is 5.03. The Morgan fingerprint density at radius 3 is 2.63 bits per heavy atom. The normalized spacial score (nSPS) is 12.4. The maximum absolute atomic E-state index is 6.35. The van der Waals surface area contributed by atoms with E-state index in [0.29, 0.717) is 0 Å². The minimum atomic E-state index is 0.156. The van der Waals surface area contributed by atoms with Gasteiger partial charge in [-0.05, 0) is 64.9 Å². The Balaban J connectivity index is 2.38. The maximum Gasteiger partial charge on any atom is 0.0591 e. The molecule has 2 aromatic rings. The van der Waals surface area contributed by atoms with Crippen LogP contribution in [0.4, 0.5) is 0 Å². The number of halogens is 2. The number of nitrogens with one attached hydrogen (secondary N) is 1. The van der Waals surface area contributed by atoms with Gasteiger partial charge in [-0.15, -0.1) is 0 Å². The van der Waals surface area contributed by atoms with Crippen LogP contribution in [0.2, 0.25) is 5.02 Å². The van der Waals surface area contributed by atoms with E-state index in [1.54, 1.807) is 0 Å². The summed E-state index contributed by atoms with van der Waals surface area (Å²) in [5.74, 6) is 0. The number of benzene rings is 2. The van der Waals surface area contributed by atoms with Crippen LogP contribution in [0.15, 0.2) is 48.5 Å². The van der Waals surface area contributed by atoms with Crippen molar-refractivity contribution in [2.45, 2.75) is 19.4 Å². The van der Waals surface area contributed by atoms with Gasteiger partial charge in [0, 0.05) is 8.59 Å². The van der Waals surface area contributed by atoms with E-state index in [1.165, 1.54) is 9.13 Å². The lowest BCUT2D eigenvalue weighted by atomic mass is 9.98. The van der Waals surface area contributed by atoms with Crippen molar-refractivity contribution in [2.75, 3.05) is 6.54 Å².